The first-order chi connectivity index (χ1) is 13.8. The van der Waals surface area contributed by atoms with Gasteiger partial charge < -0.3 is 9.30 Å². The second-order valence-corrected chi connectivity index (χ2v) is 9.75. The standard InChI is InChI=1S/C24H23O4P/c1-16-13-17(2)23(18(3)14-16)24(26)29(27,21-9-5-19(15-25)6-10-21)22-11-7-20(28-4)8-12-22/h5-15H,1-4H3. The van der Waals surface area contributed by atoms with Crippen molar-refractivity contribution >= 4 is 29.6 Å². The smallest absolute Gasteiger partial charge is 0.230 e. The van der Waals surface area contributed by atoms with Crippen LogP contribution in [0.15, 0.2) is 60.7 Å². The fourth-order valence-corrected chi connectivity index (χ4v) is 6.19. The minimum Gasteiger partial charge on any atom is -0.497 e. The fourth-order valence-electron chi connectivity index (χ4n) is 3.61. The quantitative estimate of drug-likeness (QED) is 0.444. The van der Waals surface area contributed by atoms with Gasteiger partial charge in [0.15, 0.2) is 0 Å². The van der Waals surface area contributed by atoms with E-state index in [0.29, 0.717) is 27.5 Å². The molecule has 1 atom stereocenters. The van der Waals surface area contributed by atoms with Crippen molar-refractivity contribution in [1.82, 2.24) is 0 Å². The highest BCUT2D eigenvalue weighted by molar-refractivity contribution is 7.93. The van der Waals surface area contributed by atoms with Crippen molar-refractivity contribution in [1.29, 1.82) is 0 Å². The summed E-state index contributed by atoms with van der Waals surface area (Å²) < 4.78 is 19.6. The van der Waals surface area contributed by atoms with Crippen LogP contribution in [-0.4, -0.2) is 18.9 Å². The maximum atomic E-state index is 14.4. The molecule has 0 saturated carbocycles. The molecule has 1 unspecified atom stereocenters. The molecule has 29 heavy (non-hydrogen) atoms. The Hall–Kier alpha value is -2.97. The van der Waals surface area contributed by atoms with E-state index in [-0.39, 0.29) is 0 Å². The first-order valence-corrected chi connectivity index (χ1v) is 10.9. The zero-order valence-corrected chi connectivity index (χ0v) is 17.8. The van der Waals surface area contributed by atoms with Crippen molar-refractivity contribution < 1.29 is 18.9 Å². The van der Waals surface area contributed by atoms with Gasteiger partial charge in [-0.05, 0) is 56.2 Å². The number of aldehydes is 1. The van der Waals surface area contributed by atoms with Crippen LogP contribution in [0.5, 0.6) is 5.75 Å². The van der Waals surface area contributed by atoms with Crippen LogP contribution in [0.25, 0.3) is 0 Å². The van der Waals surface area contributed by atoms with Crippen molar-refractivity contribution in [2.75, 3.05) is 7.11 Å². The van der Waals surface area contributed by atoms with Crippen LogP contribution in [0.4, 0.5) is 0 Å². The highest BCUT2D eigenvalue weighted by atomic mass is 31.2. The van der Waals surface area contributed by atoms with Crippen LogP contribution in [0, 0.1) is 20.8 Å². The largest absolute Gasteiger partial charge is 0.497 e. The molecule has 4 nitrogen and oxygen atoms in total. The summed E-state index contributed by atoms with van der Waals surface area (Å²) in [5.74, 6) is 0.617. The average molecular weight is 406 g/mol. The van der Waals surface area contributed by atoms with Crippen LogP contribution in [0.3, 0.4) is 0 Å². The molecule has 0 N–H and O–H groups in total. The lowest BCUT2D eigenvalue weighted by Crippen LogP contribution is -2.24. The minimum absolute atomic E-state index is 0.401. The molecule has 3 rings (SSSR count). The van der Waals surface area contributed by atoms with Gasteiger partial charge in [0, 0.05) is 21.7 Å². The summed E-state index contributed by atoms with van der Waals surface area (Å²) in [6.45, 7) is 5.69. The van der Waals surface area contributed by atoms with E-state index in [4.69, 9.17) is 4.74 Å². The second kappa shape index (κ2) is 8.18. The molecule has 3 aromatic rings. The molecule has 0 aliphatic heterocycles. The molecule has 5 heteroatoms. The molecule has 0 spiro atoms. The summed E-state index contributed by atoms with van der Waals surface area (Å²) in [4.78, 5) is 24.8. The Morgan fingerprint density at radius 3 is 1.79 bits per heavy atom. The summed E-state index contributed by atoms with van der Waals surface area (Å²) in [6.07, 6.45) is 0.720. The van der Waals surface area contributed by atoms with Gasteiger partial charge in [0.25, 0.3) is 0 Å². The fraction of sp³-hybridized carbons (Fsp3) is 0.167. The number of methoxy groups -OCH3 is 1. The predicted molar refractivity (Wildman–Crippen MR) is 117 cm³/mol. The lowest BCUT2D eigenvalue weighted by Gasteiger charge is -2.21. The van der Waals surface area contributed by atoms with Gasteiger partial charge in [-0.3, -0.25) is 9.59 Å². The number of hydrogen-bond donors (Lipinski definition) is 0. The molecule has 0 aliphatic carbocycles. The molecule has 0 fully saturated rings. The maximum absolute atomic E-state index is 14.4. The summed E-state index contributed by atoms with van der Waals surface area (Å²) >= 11 is 0. The van der Waals surface area contributed by atoms with Crippen LogP contribution >= 0.6 is 7.14 Å². The summed E-state index contributed by atoms with van der Waals surface area (Å²) in [6, 6.07) is 17.0. The molecule has 3 aromatic carbocycles. The van der Waals surface area contributed by atoms with Crippen molar-refractivity contribution in [3.63, 3.8) is 0 Å². The average Bonchev–Trinajstić information content (AvgIpc) is 2.72. The third-order valence-electron chi connectivity index (χ3n) is 5.01. The van der Waals surface area contributed by atoms with Gasteiger partial charge in [0.05, 0.1) is 7.11 Å². The van der Waals surface area contributed by atoms with E-state index in [1.807, 2.05) is 32.9 Å². The van der Waals surface area contributed by atoms with E-state index in [9.17, 15) is 14.2 Å². The molecule has 0 aliphatic rings. The molecule has 0 amide bonds. The Labute approximate surface area is 170 Å². The molecule has 0 radical (unpaired) electrons. The van der Waals surface area contributed by atoms with Crippen LogP contribution in [-0.2, 0) is 4.57 Å². The zero-order valence-electron chi connectivity index (χ0n) is 16.9. The Bertz CT molecular complexity index is 1090. The predicted octanol–water partition coefficient (Wildman–Crippen LogP) is 4.59. The SMILES string of the molecule is COc1ccc(P(=O)(C(=O)c2c(C)cc(C)cc2C)c2ccc(C=O)cc2)cc1. The van der Waals surface area contributed by atoms with E-state index in [2.05, 4.69) is 0 Å². The summed E-state index contributed by atoms with van der Waals surface area (Å²) in [5.41, 5.74) is 3.18. The lowest BCUT2D eigenvalue weighted by atomic mass is 10.0. The molecule has 148 valence electrons. The number of aryl methyl sites for hydroxylation is 3. The topological polar surface area (TPSA) is 60.4 Å². The monoisotopic (exact) mass is 406 g/mol. The van der Waals surface area contributed by atoms with Crippen molar-refractivity contribution in [3.8, 4) is 5.75 Å². The van der Waals surface area contributed by atoms with E-state index in [0.717, 1.165) is 23.0 Å². The number of ether oxygens (including phenoxy) is 1. The number of rotatable bonds is 6. The van der Waals surface area contributed by atoms with Gasteiger partial charge in [0.2, 0.25) is 12.7 Å². The van der Waals surface area contributed by atoms with Gasteiger partial charge in [-0.15, -0.1) is 0 Å². The third-order valence-corrected chi connectivity index (χ3v) is 7.85. The molecule has 0 saturated heterocycles. The Morgan fingerprint density at radius 2 is 1.34 bits per heavy atom. The van der Waals surface area contributed by atoms with Crippen molar-refractivity contribution in [3.05, 3.63) is 88.5 Å². The van der Waals surface area contributed by atoms with Gasteiger partial charge in [-0.2, -0.15) is 0 Å². The van der Waals surface area contributed by atoms with Crippen molar-refractivity contribution in [2.45, 2.75) is 20.8 Å². The first-order valence-electron chi connectivity index (χ1n) is 9.24. The van der Waals surface area contributed by atoms with E-state index in [1.165, 1.54) is 0 Å². The normalized spacial score (nSPS) is 12.8. The number of carbonyl (C=O) groups excluding carboxylic acids is 2. The molecule has 0 aromatic heterocycles. The number of benzene rings is 3. The van der Waals surface area contributed by atoms with Gasteiger partial charge in [-0.25, -0.2) is 0 Å². The molecular formula is C24H23O4P. The van der Waals surface area contributed by atoms with Gasteiger partial charge in [0.1, 0.15) is 12.0 Å². The van der Waals surface area contributed by atoms with Crippen LogP contribution < -0.4 is 15.3 Å². The highest BCUT2D eigenvalue weighted by Crippen LogP contribution is 2.48. The molecular weight excluding hydrogens is 383 g/mol. The number of carbonyl (C=O) groups is 2. The minimum atomic E-state index is -3.68. The van der Waals surface area contributed by atoms with Crippen LogP contribution in [0.1, 0.15) is 37.4 Å². The van der Waals surface area contributed by atoms with E-state index in [1.54, 1.807) is 55.6 Å². The summed E-state index contributed by atoms with van der Waals surface area (Å²) in [5, 5.41) is 0.833. The Kier molecular flexibility index (Phi) is 5.86. The van der Waals surface area contributed by atoms with E-state index >= 15 is 0 Å². The Balaban J connectivity index is 2.25. The Morgan fingerprint density at radius 1 is 0.862 bits per heavy atom. The highest BCUT2D eigenvalue weighted by Gasteiger charge is 2.38. The van der Waals surface area contributed by atoms with Crippen LogP contribution in [0.2, 0.25) is 0 Å². The third kappa shape index (κ3) is 3.81. The lowest BCUT2D eigenvalue weighted by molar-refractivity contribution is 0.107. The van der Waals surface area contributed by atoms with Gasteiger partial charge >= 0.3 is 0 Å². The van der Waals surface area contributed by atoms with Gasteiger partial charge in [-0.1, -0.05) is 42.0 Å². The first kappa shape index (κ1) is 20.8. The second-order valence-electron chi connectivity index (χ2n) is 7.10. The van der Waals surface area contributed by atoms with Crippen molar-refractivity contribution in [2.24, 2.45) is 0 Å². The molecule has 0 bridgehead atoms. The van der Waals surface area contributed by atoms with E-state index < -0.39 is 12.7 Å². The zero-order chi connectivity index (χ0) is 21.2. The molecule has 0 heterocycles. The summed E-state index contributed by atoms with van der Waals surface area (Å²) in [7, 11) is -2.12. The number of hydrogen-bond acceptors (Lipinski definition) is 4. The maximum Gasteiger partial charge on any atom is 0.230 e.